The normalized spacial score (nSPS) is 12.6. The smallest absolute Gasteiger partial charge is 0.338 e. The van der Waals surface area contributed by atoms with Crippen LogP contribution < -0.4 is 0 Å². The SMILES string of the molecule is CON(C)S(=O)(=O)c1cccc(C(=O)OC(C)C(=O)c2ccc(F)cc2)c1. The zero-order valence-electron chi connectivity index (χ0n) is 14.9. The van der Waals surface area contributed by atoms with Gasteiger partial charge in [0.25, 0.3) is 10.0 Å². The largest absolute Gasteiger partial charge is 0.451 e. The molecule has 0 saturated carbocycles. The van der Waals surface area contributed by atoms with Crippen LogP contribution in [0.2, 0.25) is 0 Å². The molecule has 0 heterocycles. The predicted molar refractivity (Wildman–Crippen MR) is 94.0 cm³/mol. The van der Waals surface area contributed by atoms with Gasteiger partial charge in [-0.3, -0.25) is 9.63 Å². The van der Waals surface area contributed by atoms with Gasteiger partial charge in [-0.1, -0.05) is 10.5 Å². The maximum atomic E-state index is 12.9. The van der Waals surface area contributed by atoms with Crippen molar-refractivity contribution in [3.8, 4) is 0 Å². The Bertz CT molecular complexity index is 943. The van der Waals surface area contributed by atoms with Crippen LogP contribution in [0.1, 0.15) is 27.6 Å². The van der Waals surface area contributed by atoms with Gasteiger partial charge in [0.05, 0.1) is 17.6 Å². The van der Waals surface area contributed by atoms with E-state index in [0.717, 1.165) is 18.2 Å². The molecule has 9 heteroatoms. The summed E-state index contributed by atoms with van der Waals surface area (Å²) in [7, 11) is -1.53. The van der Waals surface area contributed by atoms with Crippen molar-refractivity contribution in [1.29, 1.82) is 0 Å². The molecule has 0 spiro atoms. The standard InChI is InChI=1S/C18H18FNO6S/c1-12(17(21)13-7-9-15(19)10-8-13)26-18(22)14-5-4-6-16(11-14)27(23,24)20(2)25-3/h4-12H,1-3H3. The first-order valence-corrected chi connectivity index (χ1v) is 9.24. The van der Waals surface area contributed by atoms with Crippen LogP contribution in [0, 0.1) is 5.82 Å². The van der Waals surface area contributed by atoms with Gasteiger partial charge in [-0.05, 0) is 49.4 Å². The second-order valence-electron chi connectivity index (χ2n) is 5.54. The highest BCUT2D eigenvalue weighted by Crippen LogP contribution is 2.17. The first kappa shape index (κ1) is 20.7. The van der Waals surface area contributed by atoms with Crippen LogP contribution in [0.25, 0.3) is 0 Å². The number of benzene rings is 2. The van der Waals surface area contributed by atoms with Crippen molar-refractivity contribution < 1.29 is 32.0 Å². The lowest BCUT2D eigenvalue weighted by molar-refractivity contribution is -0.0258. The lowest BCUT2D eigenvalue weighted by atomic mass is 10.1. The fourth-order valence-corrected chi connectivity index (χ4v) is 3.18. The van der Waals surface area contributed by atoms with E-state index >= 15 is 0 Å². The Kier molecular flexibility index (Phi) is 6.42. The fraction of sp³-hybridized carbons (Fsp3) is 0.222. The summed E-state index contributed by atoms with van der Waals surface area (Å²) in [4.78, 5) is 29.1. The molecule has 27 heavy (non-hydrogen) atoms. The lowest BCUT2D eigenvalue weighted by Crippen LogP contribution is -2.26. The molecule has 0 N–H and O–H groups in total. The van der Waals surface area contributed by atoms with Crippen molar-refractivity contribution in [1.82, 2.24) is 4.47 Å². The number of carbonyl (C=O) groups is 2. The summed E-state index contributed by atoms with van der Waals surface area (Å²) in [5.74, 6) is -1.86. The summed E-state index contributed by atoms with van der Waals surface area (Å²) in [5.41, 5.74) is 0.147. The van der Waals surface area contributed by atoms with E-state index in [0.29, 0.717) is 4.47 Å². The second kappa shape index (κ2) is 8.38. The van der Waals surface area contributed by atoms with Crippen molar-refractivity contribution in [2.45, 2.75) is 17.9 Å². The average Bonchev–Trinajstić information content (AvgIpc) is 2.67. The first-order valence-electron chi connectivity index (χ1n) is 7.80. The predicted octanol–water partition coefficient (Wildman–Crippen LogP) is 2.44. The number of sulfonamides is 1. The molecule has 0 aliphatic rings. The molecule has 1 unspecified atom stereocenters. The molecule has 0 bridgehead atoms. The lowest BCUT2D eigenvalue weighted by Gasteiger charge is -2.15. The number of halogens is 1. The Balaban J connectivity index is 2.17. The fourth-order valence-electron chi connectivity index (χ4n) is 2.16. The van der Waals surface area contributed by atoms with Gasteiger partial charge in [0.15, 0.2) is 6.10 Å². The summed E-state index contributed by atoms with van der Waals surface area (Å²) >= 11 is 0. The van der Waals surface area contributed by atoms with E-state index in [9.17, 15) is 22.4 Å². The van der Waals surface area contributed by atoms with Gasteiger partial charge in [0, 0.05) is 12.6 Å². The molecule has 0 aliphatic carbocycles. The van der Waals surface area contributed by atoms with E-state index in [1.165, 1.54) is 51.4 Å². The van der Waals surface area contributed by atoms with Crippen LogP contribution >= 0.6 is 0 Å². The van der Waals surface area contributed by atoms with Crippen molar-refractivity contribution in [2.75, 3.05) is 14.2 Å². The molecule has 2 aromatic rings. The zero-order chi connectivity index (χ0) is 20.2. The molecular formula is C18H18FNO6S. The molecule has 0 saturated heterocycles. The Hall–Kier alpha value is -2.62. The molecule has 0 fully saturated rings. The minimum Gasteiger partial charge on any atom is -0.451 e. The number of rotatable bonds is 7. The molecule has 2 rings (SSSR count). The number of nitrogens with zero attached hydrogens (tertiary/aromatic N) is 1. The number of esters is 1. The molecule has 7 nitrogen and oxygen atoms in total. The zero-order valence-corrected chi connectivity index (χ0v) is 15.7. The van der Waals surface area contributed by atoms with Crippen LogP contribution in [0.3, 0.4) is 0 Å². The highest BCUT2D eigenvalue weighted by atomic mass is 32.2. The first-order chi connectivity index (χ1) is 12.7. The van der Waals surface area contributed by atoms with Gasteiger partial charge in [0.1, 0.15) is 5.82 Å². The maximum Gasteiger partial charge on any atom is 0.338 e. The van der Waals surface area contributed by atoms with Gasteiger partial charge in [0.2, 0.25) is 5.78 Å². The molecule has 0 aromatic heterocycles. The summed E-state index contributed by atoms with van der Waals surface area (Å²) in [6, 6.07) is 10.00. The number of hydrogen-bond acceptors (Lipinski definition) is 6. The van der Waals surface area contributed by atoms with Gasteiger partial charge in [-0.2, -0.15) is 0 Å². The van der Waals surface area contributed by atoms with E-state index in [1.54, 1.807) is 0 Å². The quantitative estimate of drug-likeness (QED) is 0.406. The number of ether oxygens (including phenoxy) is 1. The summed E-state index contributed by atoms with van der Waals surface area (Å²) in [6.07, 6.45) is -1.13. The van der Waals surface area contributed by atoms with E-state index in [-0.39, 0.29) is 16.0 Å². The van der Waals surface area contributed by atoms with E-state index in [1.807, 2.05) is 0 Å². The van der Waals surface area contributed by atoms with Crippen LogP contribution in [0.15, 0.2) is 53.4 Å². The maximum absolute atomic E-state index is 12.9. The third kappa shape index (κ3) is 4.76. The number of hydrogen-bond donors (Lipinski definition) is 0. The summed E-state index contributed by atoms with van der Waals surface area (Å²) in [5, 5.41) is 0. The number of carbonyl (C=O) groups excluding carboxylic acids is 2. The molecule has 2 aromatic carbocycles. The Morgan fingerprint density at radius 1 is 1.07 bits per heavy atom. The van der Waals surface area contributed by atoms with E-state index in [4.69, 9.17) is 4.74 Å². The Morgan fingerprint density at radius 3 is 2.30 bits per heavy atom. The molecule has 1 atom stereocenters. The molecular weight excluding hydrogens is 377 g/mol. The van der Waals surface area contributed by atoms with E-state index < -0.39 is 33.7 Å². The van der Waals surface area contributed by atoms with Crippen LogP contribution in [-0.2, 0) is 19.6 Å². The Morgan fingerprint density at radius 2 is 1.70 bits per heavy atom. The second-order valence-corrected chi connectivity index (χ2v) is 7.48. The third-order valence-electron chi connectivity index (χ3n) is 3.74. The van der Waals surface area contributed by atoms with Crippen LogP contribution in [0.4, 0.5) is 4.39 Å². The van der Waals surface area contributed by atoms with Crippen molar-refractivity contribution in [2.24, 2.45) is 0 Å². The monoisotopic (exact) mass is 395 g/mol. The van der Waals surface area contributed by atoms with Gasteiger partial charge >= 0.3 is 5.97 Å². The van der Waals surface area contributed by atoms with Crippen molar-refractivity contribution in [3.05, 3.63) is 65.5 Å². The topological polar surface area (TPSA) is 90.0 Å². The molecule has 0 amide bonds. The summed E-state index contributed by atoms with van der Waals surface area (Å²) < 4.78 is 43.2. The van der Waals surface area contributed by atoms with E-state index in [2.05, 4.69) is 4.84 Å². The third-order valence-corrected chi connectivity index (χ3v) is 5.42. The van der Waals surface area contributed by atoms with Crippen molar-refractivity contribution in [3.63, 3.8) is 0 Å². The number of hydroxylamine groups is 1. The van der Waals surface area contributed by atoms with Crippen molar-refractivity contribution >= 4 is 21.8 Å². The van der Waals surface area contributed by atoms with Crippen LogP contribution in [-0.4, -0.2) is 44.9 Å². The number of ketones is 1. The van der Waals surface area contributed by atoms with Gasteiger partial charge < -0.3 is 4.74 Å². The highest BCUT2D eigenvalue weighted by molar-refractivity contribution is 7.89. The van der Waals surface area contributed by atoms with Gasteiger partial charge in [-0.25, -0.2) is 17.6 Å². The average molecular weight is 395 g/mol. The molecule has 0 radical (unpaired) electrons. The molecule has 144 valence electrons. The van der Waals surface area contributed by atoms with Gasteiger partial charge in [-0.15, -0.1) is 0 Å². The minimum atomic E-state index is -3.94. The number of Topliss-reactive ketones (excluding diaryl/α,β-unsaturated/α-hetero) is 1. The Labute approximate surface area is 156 Å². The highest BCUT2D eigenvalue weighted by Gasteiger charge is 2.24. The molecule has 0 aliphatic heterocycles. The minimum absolute atomic E-state index is 0.0423. The van der Waals surface area contributed by atoms with Crippen LogP contribution in [0.5, 0.6) is 0 Å². The summed E-state index contributed by atoms with van der Waals surface area (Å²) in [6.45, 7) is 1.38.